The van der Waals surface area contributed by atoms with E-state index in [9.17, 15) is 4.79 Å². The molecule has 37 heavy (non-hydrogen) atoms. The van der Waals surface area contributed by atoms with Gasteiger partial charge < -0.3 is 19.7 Å². The fourth-order valence-electron chi connectivity index (χ4n) is 5.12. The molecule has 3 fully saturated rings. The maximum atomic E-state index is 12.5. The van der Waals surface area contributed by atoms with Crippen LogP contribution in [0.15, 0.2) is 41.1 Å². The van der Waals surface area contributed by atoms with E-state index in [1.54, 1.807) is 0 Å². The van der Waals surface area contributed by atoms with Crippen molar-refractivity contribution in [3.05, 3.63) is 47.9 Å². The number of benzene rings is 1. The highest BCUT2D eigenvalue weighted by Crippen LogP contribution is 2.39. The standard InChI is InChI=1S/C27H30N8O2/c36-26(19-2-1-3-19)35-12-10-34(11-13-35)16-17-8-9-28-23(14-17)31-27-29-21-7-6-20(15-22(21)30-27)25-32-24(33-37-25)18-4-5-18/h6-9,14-15,18-19H,1-5,10-13,16H2,(H2,28,29,30,31). The third-order valence-electron chi connectivity index (χ3n) is 7.73. The highest BCUT2D eigenvalue weighted by molar-refractivity contribution is 5.82. The lowest BCUT2D eigenvalue weighted by molar-refractivity contribution is -0.140. The predicted octanol–water partition coefficient (Wildman–Crippen LogP) is 4.07. The molecule has 10 nitrogen and oxygen atoms in total. The average molecular weight is 499 g/mol. The molecule has 1 aliphatic heterocycles. The van der Waals surface area contributed by atoms with Crippen LogP contribution in [0.4, 0.5) is 11.8 Å². The number of rotatable bonds is 7. The van der Waals surface area contributed by atoms with Gasteiger partial charge in [-0.3, -0.25) is 9.69 Å². The second kappa shape index (κ2) is 9.26. The zero-order chi connectivity index (χ0) is 24.8. The number of aromatic amines is 1. The zero-order valence-corrected chi connectivity index (χ0v) is 20.7. The molecule has 0 spiro atoms. The van der Waals surface area contributed by atoms with Gasteiger partial charge in [0.2, 0.25) is 11.9 Å². The van der Waals surface area contributed by atoms with Gasteiger partial charge >= 0.3 is 0 Å². The molecule has 7 rings (SSSR count). The molecule has 0 unspecified atom stereocenters. The summed E-state index contributed by atoms with van der Waals surface area (Å²) in [6, 6.07) is 9.99. The highest BCUT2D eigenvalue weighted by Gasteiger charge is 2.31. The number of nitrogens with zero attached hydrogens (tertiary/aromatic N) is 6. The zero-order valence-electron chi connectivity index (χ0n) is 20.7. The number of hydrogen-bond acceptors (Lipinski definition) is 8. The molecule has 2 saturated carbocycles. The Morgan fingerprint density at radius 1 is 1.05 bits per heavy atom. The Morgan fingerprint density at radius 3 is 2.70 bits per heavy atom. The predicted molar refractivity (Wildman–Crippen MR) is 138 cm³/mol. The van der Waals surface area contributed by atoms with Crippen LogP contribution >= 0.6 is 0 Å². The normalized spacial score (nSPS) is 18.8. The van der Waals surface area contributed by atoms with Crippen LogP contribution in [0.25, 0.3) is 22.5 Å². The average Bonchev–Trinajstić information content (AvgIpc) is 3.46. The molecule has 1 amide bonds. The first kappa shape index (κ1) is 22.4. The molecule has 190 valence electrons. The molecule has 2 N–H and O–H groups in total. The van der Waals surface area contributed by atoms with Crippen LogP contribution in [0.3, 0.4) is 0 Å². The summed E-state index contributed by atoms with van der Waals surface area (Å²) >= 11 is 0. The summed E-state index contributed by atoms with van der Waals surface area (Å²) in [5.41, 5.74) is 3.78. The van der Waals surface area contributed by atoms with Crippen molar-refractivity contribution in [3.8, 4) is 11.5 Å². The van der Waals surface area contributed by atoms with Crippen molar-refractivity contribution in [2.24, 2.45) is 5.92 Å². The lowest BCUT2D eigenvalue weighted by Crippen LogP contribution is -2.50. The number of piperazine rings is 1. The molecule has 1 aromatic carbocycles. The van der Waals surface area contributed by atoms with Crippen LogP contribution in [0.1, 0.15) is 49.4 Å². The number of hydrogen-bond donors (Lipinski definition) is 2. The molecular formula is C27H30N8O2. The van der Waals surface area contributed by atoms with Gasteiger partial charge in [-0.1, -0.05) is 11.6 Å². The summed E-state index contributed by atoms with van der Waals surface area (Å²) in [5.74, 6) is 3.81. The van der Waals surface area contributed by atoms with Gasteiger partial charge in [0.15, 0.2) is 5.82 Å². The number of amides is 1. The number of pyridine rings is 1. The lowest BCUT2D eigenvalue weighted by Gasteiger charge is -2.38. The first-order chi connectivity index (χ1) is 18.2. The van der Waals surface area contributed by atoms with Crippen LogP contribution in [0, 0.1) is 5.92 Å². The van der Waals surface area contributed by atoms with Gasteiger partial charge in [0.25, 0.3) is 5.89 Å². The van der Waals surface area contributed by atoms with Gasteiger partial charge in [0.05, 0.1) is 11.0 Å². The van der Waals surface area contributed by atoms with Crippen LogP contribution < -0.4 is 5.32 Å². The molecule has 10 heteroatoms. The van der Waals surface area contributed by atoms with Crippen LogP contribution in [0.5, 0.6) is 0 Å². The van der Waals surface area contributed by atoms with Gasteiger partial charge in [-0.15, -0.1) is 0 Å². The number of aromatic nitrogens is 5. The van der Waals surface area contributed by atoms with E-state index in [1.165, 1.54) is 12.0 Å². The van der Waals surface area contributed by atoms with E-state index in [0.717, 1.165) is 86.6 Å². The Labute approximate surface area is 214 Å². The molecule has 0 atom stereocenters. The summed E-state index contributed by atoms with van der Waals surface area (Å²) in [7, 11) is 0. The molecule has 2 aliphatic carbocycles. The summed E-state index contributed by atoms with van der Waals surface area (Å²) in [6.45, 7) is 4.27. The molecule has 0 bridgehead atoms. The Balaban J connectivity index is 0.992. The minimum atomic E-state index is 0.282. The van der Waals surface area contributed by atoms with Crippen molar-refractivity contribution in [1.29, 1.82) is 0 Å². The van der Waals surface area contributed by atoms with Gasteiger partial charge in [-0.25, -0.2) is 9.97 Å². The molecule has 0 radical (unpaired) electrons. The third kappa shape index (κ3) is 4.69. The Hall–Kier alpha value is -3.79. The van der Waals surface area contributed by atoms with E-state index in [1.807, 2.05) is 30.5 Å². The molecule has 4 aromatic rings. The molecule has 3 aliphatic rings. The summed E-state index contributed by atoms with van der Waals surface area (Å²) in [4.78, 5) is 34.0. The van der Waals surface area contributed by atoms with Gasteiger partial charge in [0, 0.05) is 56.3 Å². The molecular weight excluding hydrogens is 468 g/mol. The Kier molecular flexibility index (Phi) is 5.61. The van der Waals surface area contributed by atoms with E-state index in [4.69, 9.17) is 4.52 Å². The molecule has 3 aromatic heterocycles. The van der Waals surface area contributed by atoms with Gasteiger partial charge in [-0.05, 0) is 61.6 Å². The summed E-state index contributed by atoms with van der Waals surface area (Å²) in [6.07, 6.45) is 7.44. The van der Waals surface area contributed by atoms with Crippen LogP contribution in [0.2, 0.25) is 0 Å². The fourth-order valence-corrected chi connectivity index (χ4v) is 5.12. The minimum absolute atomic E-state index is 0.282. The van der Waals surface area contributed by atoms with Crippen LogP contribution in [-0.2, 0) is 11.3 Å². The van der Waals surface area contributed by atoms with Crippen molar-refractivity contribution in [3.63, 3.8) is 0 Å². The third-order valence-corrected chi connectivity index (χ3v) is 7.73. The number of carbonyl (C=O) groups excluding carboxylic acids is 1. The van der Waals surface area contributed by atoms with Gasteiger partial charge in [-0.2, -0.15) is 4.98 Å². The Morgan fingerprint density at radius 2 is 1.92 bits per heavy atom. The number of fused-ring (bicyclic) bond motifs is 1. The number of anilines is 2. The van der Waals surface area contributed by atoms with Crippen molar-refractivity contribution >= 4 is 28.7 Å². The smallest absolute Gasteiger partial charge is 0.258 e. The quantitative estimate of drug-likeness (QED) is 0.392. The Bertz CT molecular complexity index is 1430. The maximum Gasteiger partial charge on any atom is 0.258 e. The van der Waals surface area contributed by atoms with E-state index >= 15 is 0 Å². The van der Waals surface area contributed by atoms with Crippen molar-refractivity contribution in [2.75, 3.05) is 31.5 Å². The topological polar surface area (TPSA) is 116 Å². The number of nitrogens with one attached hydrogen (secondary N) is 2. The maximum absolute atomic E-state index is 12.5. The molecule has 1 saturated heterocycles. The van der Waals surface area contributed by atoms with Gasteiger partial charge in [0.1, 0.15) is 5.82 Å². The van der Waals surface area contributed by atoms with Crippen molar-refractivity contribution in [2.45, 2.75) is 44.6 Å². The fraction of sp³-hybridized carbons (Fsp3) is 0.444. The number of carbonyl (C=O) groups is 1. The summed E-state index contributed by atoms with van der Waals surface area (Å²) in [5, 5.41) is 7.42. The van der Waals surface area contributed by atoms with Crippen LogP contribution in [-0.4, -0.2) is 67.0 Å². The highest BCUT2D eigenvalue weighted by atomic mass is 16.5. The van der Waals surface area contributed by atoms with E-state index in [2.05, 4.69) is 46.3 Å². The monoisotopic (exact) mass is 498 g/mol. The summed E-state index contributed by atoms with van der Waals surface area (Å²) < 4.78 is 5.47. The first-order valence-corrected chi connectivity index (χ1v) is 13.2. The number of H-pyrrole nitrogens is 1. The second-order valence-corrected chi connectivity index (χ2v) is 10.5. The van der Waals surface area contributed by atoms with Crippen molar-refractivity contribution in [1.82, 2.24) is 34.9 Å². The SMILES string of the molecule is O=C(C1CCC1)N1CCN(Cc2ccnc(Nc3nc4ccc(-c5nc(C6CC6)no5)cc4[nH]3)c2)CC1. The minimum Gasteiger partial charge on any atom is -0.340 e. The van der Waals surface area contributed by atoms with E-state index in [0.29, 0.717) is 23.7 Å². The van der Waals surface area contributed by atoms with E-state index in [-0.39, 0.29) is 5.92 Å². The van der Waals surface area contributed by atoms with E-state index < -0.39 is 0 Å². The van der Waals surface area contributed by atoms with Crippen molar-refractivity contribution < 1.29 is 9.32 Å². The molecule has 4 heterocycles. The first-order valence-electron chi connectivity index (χ1n) is 13.2. The lowest BCUT2D eigenvalue weighted by atomic mass is 9.84. The number of imidazole rings is 1. The largest absolute Gasteiger partial charge is 0.340 e. The second-order valence-electron chi connectivity index (χ2n) is 10.5.